The van der Waals surface area contributed by atoms with Crippen molar-refractivity contribution in [3.63, 3.8) is 0 Å². The Morgan fingerprint density at radius 2 is 1.60 bits per heavy atom. The summed E-state index contributed by atoms with van der Waals surface area (Å²) in [5.41, 5.74) is 0.448. The second-order valence-electron chi connectivity index (χ2n) is 4.52. The summed E-state index contributed by atoms with van der Waals surface area (Å²) in [4.78, 5) is 22.1. The Morgan fingerprint density at radius 1 is 1.10 bits per heavy atom. The van der Waals surface area contributed by atoms with Crippen molar-refractivity contribution in [3.05, 3.63) is 11.6 Å². The van der Waals surface area contributed by atoms with E-state index in [0.29, 0.717) is 18.8 Å². The number of carbonyl (C=O) groups excluding carboxylic acids is 1. The van der Waals surface area contributed by atoms with Gasteiger partial charge in [-0.2, -0.15) is 4.89 Å². The fourth-order valence-corrected chi connectivity index (χ4v) is 2.56. The summed E-state index contributed by atoms with van der Waals surface area (Å²) in [6.45, 7) is 8.23. The summed E-state index contributed by atoms with van der Waals surface area (Å²) in [5.74, 6) is -0.587. The van der Waals surface area contributed by atoms with Crippen LogP contribution in [-0.4, -0.2) is 24.1 Å². The van der Waals surface area contributed by atoms with Gasteiger partial charge in [0.15, 0.2) is 0 Å². The molecule has 0 aliphatic carbocycles. The highest BCUT2D eigenvalue weighted by Crippen LogP contribution is 2.58. The molecule has 5 nitrogen and oxygen atoms in total. The summed E-state index contributed by atoms with van der Waals surface area (Å²) in [6, 6.07) is 0. The molecule has 0 saturated heterocycles. The normalized spacial score (nSPS) is 12.6. The monoisotopic (exact) mass is 307 g/mol. The molecule has 0 amide bonds. The van der Waals surface area contributed by atoms with E-state index in [4.69, 9.17) is 13.6 Å². The molecular weight excluding hydrogens is 279 g/mol. The Kier molecular flexibility index (Phi) is 10.9. The number of carbonyl (C=O) groups is 1. The Balaban J connectivity index is 4.56. The Bertz CT molecular complexity index is 294. The molecule has 0 spiro atoms. The maximum absolute atomic E-state index is 11.8. The van der Waals surface area contributed by atoms with Gasteiger partial charge in [-0.15, -0.1) is 9.05 Å². The van der Waals surface area contributed by atoms with Crippen LogP contribution in [0.4, 0.5) is 0 Å². The standard InChI is InChI=1S/C14H28O5P/c1-5-8-11-17-20(16,18-12-9-6-2)19-14(15)13(4)10-7-3/h10,16H,5-9,11-12H2,1-4H3/q+1. The third-order valence-corrected chi connectivity index (χ3v) is 3.95. The molecule has 0 radical (unpaired) electrons. The average molecular weight is 307 g/mol. The molecule has 0 heterocycles. The quantitative estimate of drug-likeness (QED) is 0.352. The van der Waals surface area contributed by atoms with Crippen LogP contribution in [-0.2, 0) is 18.4 Å². The lowest BCUT2D eigenvalue weighted by molar-refractivity contribution is -0.133. The minimum absolute atomic E-state index is 0.316. The van der Waals surface area contributed by atoms with Crippen molar-refractivity contribution in [2.45, 2.75) is 59.8 Å². The van der Waals surface area contributed by atoms with Gasteiger partial charge in [0.1, 0.15) is 13.2 Å². The van der Waals surface area contributed by atoms with Crippen molar-refractivity contribution in [2.24, 2.45) is 0 Å². The maximum Gasteiger partial charge on any atom is 0.622 e. The summed E-state index contributed by atoms with van der Waals surface area (Å²) in [5, 5.41) is 0. The summed E-state index contributed by atoms with van der Waals surface area (Å²) < 4.78 is 15.6. The van der Waals surface area contributed by atoms with Crippen molar-refractivity contribution in [1.82, 2.24) is 0 Å². The number of allylic oxidation sites excluding steroid dienone is 1. The fraction of sp³-hybridized carbons (Fsp3) is 0.786. The van der Waals surface area contributed by atoms with E-state index in [0.717, 1.165) is 32.1 Å². The molecule has 0 rings (SSSR count). The molecule has 0 aliphatic rings. The van der Waals surface area contributed by atoms with Crippen molar-refractivity contribution < 1.29 is 23.3 Å². The minimum atomic E-state index is -3.55. The van der Waals surface area contributed by atoms with Gasteiger partial charge in [0.05, 0.1) is 0 Å². The first kappa shape index (κ1) is 19.5. The van der Waals surface area contributed by atoms with Crippen LogP contribution in [0.3, 0.4) is 0 Å². The molecule has 0 aromatic heterocycles. The third kappa shape index (κ3) is 8.64. The van der Waals surface area contributed by atoms with Crippen LogP contribution in [0.5, 0.6) is 0 Å². The van der Waals surface area contributed by atoms with Gasteiger partial charge >= 0.3 is 14.1 Å². The SMILES string of the molecule is CCC=C(C)C(=O)O[P+](O)(OCCCC)OCCCC. The van der Waals surface area contributed by atoms with E-state index in [1.165, 1.54) is 0 Å². The molecule has 118 valence electrons. The van der Waals surface area contributed by atoms with E-state index in [2.05, 4.69) is 0 Å². The minimum Gasteiger partial charge on any atom is -0.241 e. The van der Waals surface area contributed by atoms with E-state index in [1.54, 1.807) is 13.0 Å². The highest BCUT2D eigenvalue weighted by atomic mass is 31.2. The van der Waals surface area contributed by atoms with Gasteiger partial charge in [-0.3, -0.25) is 0 Å². The molecule has 0 bridgehead atoms. The number of hydrogen-bond donors (Lipinski definition) is 1. The zero-order chi connectivity index (χ0) is 15.4. The van der Waals surface area contributed by atoms with E-state index in [1.807, 2.05) is 20.8 Å². The number of unbranched alkanes of at least 4 members (excludes halogenated alkanes) is 2. The summed E-state index contributed by atoms with van der Waals surface area (Å²) in [7, 11) is -3.55. The Labute approximate surface area is 123 Å². The summed E-state index contributed by atoms with van der Waals surface area (Å²) in [6.07, 6.45) is 5.88. The van der Waals surface area contributed by atoms with Crippen molar-refractivity contribution in [1.29, 1.82) is 0 Å². The van der Waals surface area contributed by atoms with Crippen LogP contribution in [0, 0.1) is 0 Å². The molecule has 0 unspecified atom stereocenters. The van der Waals surface area contributed by atoms with E-state index in [-0.39, 0.29) is 0 Å². The van der Waals surface area contributed by atoms with Crippen LogP contribution < -0.4 is 0 Å². The largest absolute Gasteiger partial charge is 0.622 e. The first-order valence-corrected chi connectivity index (χ1v) is 8.80. The summed E-state index contributed by atoms with van der Waals surface area (Å²) >= 11 is 0. The van der Waals surface area contributed by atoms with E-state index < -0.39 is 14.1 Å². The van der Waals surface area contributed by atoms with Crippen LogP contribution in [0.1, 0.15) is 59.8 Å². The molecule has 0 aliphatic heterocycles. The molecule has 6 heteroatoms. The zero-order valence-electron chi connectivity index (χ0n) is 13.1. The third-order valence-electron chi connectivity index (χ3n) is 2.54. The van der Waals surface area contributed by atoms with Crippen LogP contribution >= 0.6 is 8.17 Å². The smallest absolute Gasteiger partial charge is 0.241 e. The van der Waals surface area contributed by atoms with Gasteiger partial charge in [0.2, 0.25) is 0 Å². The lowest BCUT2D eigenvalue weighted by atomic mass is 10.2. The predicted molar refractivity (Wildman–Crippen MR) is 81.0 cm³/mol. The molecule has 0 aromatic rings. The molecule has 0 saturated carbocycles. The fourth-order valence-electron chi connectivity index (χ4n) is 1.30. The molecular formula is C14H28O5P+. The van der Waals surface area contributed by atoms with Crippen molar-refractivity contribution in [2.75, 3.05) is 13.2 Å². The molecule has 0 atom stereocenters. The zero-order valence-corrected chi connectivity index (χ0v) is 13.9. The van der Waals surface area contributed by atoms with Gasteiger partial charge in [0.25, 0.3) is 0 Å². The highest BCUT2D eigenvalue weighted by molar-refractivity contribution is 7.56. The maximum atomic E-state index is 11.8. The van der Waals surface area contributed by atoms with Gasteiger partial charge in [-0.25, -0.2) is 9.32 Å². The second kappa shape index (κ2) is 11.2. The van der Waals surface area contributed by atoms with Crippen LogP contribution in [0.2, 0.25) is 0 Å². The van der Waals surface area contributed by atoms with Crippen LogP contribution in [0.15, 0.2) is 11.6 Å². The molecule has 0 aromatic carbocycles. The topological polar surface area (TPSA) is 65.0 Å². The average Bonchev–Trinajstić information content (AvgIpc) is 2.39. The molecule has 1 N–H and O–H groups in total. The molecule has 0 fully saturated rings. The van der Waals surface area contributed by atoms with Gasteiger partial charge in [-0.1, -0.05) is 39.7 Å². The lowest BCUT2D eigenvalue weighted by Crippen LogP contribution is -2.14. The number of hydrogen-bond acceptors (Lipinski definition) is 5. The number of rotatable bonds is 11. The highest BCUT2D eigenvalue weighted by Gasteiger charge is 2.48. The Hall–Kier alpha value is -0.480. The lowest BCUT2D eigenvalue weighted by Gasteiger charge is -2.14. The van der Waals surface area contributed by atoms with Crippen LogP contribution in [0.25, 0.3) is 0 Å². The van der Waals surface area contributed by atoms with E-state index >= 15 is 0 Å². The van der Waals surface area contributed by atoms with Gasteiger partial charge in [-0.05, 0) is 26.2 Å². The second-order valence-corrected chi connectivity index (χ2v) is 6.15. The predicted octanol–water partition coefficient (Wildman–Crippen LogP) is 4.19. The van der Waals surface area contributed by atoms with Gasteiger partial charge < -0.3 is 0 Å². The Morgan fingerprint density at radius 3 is 2.00 bits per heavy atom. The van der Waals surface area contributed by atoms with E-state index in [9.17, 15) is 9.69 Å². The van der Waals surface area contributed by atoms with Crippen molar-refractivity contribution in [3.8, 4) is 0 Å². The molecule has 20 heavy (non-hydrogen) atoms. The first-order valence-electron chi connectivity index (χ1n) is 7.30. The van der Waals surface area contributed by atoms with Gasteiger partial charge in [0, 0.05) is 5.57 Å². The van der Waals surface area contributed by atoms with Crippen molar-refractivity contribution >= 4 is 14.1 Å². The first-order chi connectivity index (χ1) is 9.49.